The summed E-state index contributed by atoms with van der Waals surface area (Å²) >= 11 is 0. The van der Waals surface area contributed by atoms with Crippen molar-refractivity contribution in [1.82, 2.24) is 5.32 Å². The molecule has 0 aromatic heterocycles. The van der Waals surface area contributed by atoms with Gasteiger partial charge in [-0.25, -0.2) is 8.42 Å². The van der Waals surface area contributed by atoms with Gasteiger partial charge in [0.25, 0.3) is 10.0 Å². The van der Waals surface area contributed by atoms with E-state index in [1.807, 2.05) is 42.5 Å². The lowest BCUT2D eigenvalue weighted by molar-refractivity contribution is 0.167. The first kappa shape index (κ1) is 24.1. The number of piperidine rings is 1. The van der Waals surface area contributed by atoms with Crippen molar-refractivity contribution in [1.29, 1.82) is 0 Å². The highest BCUT2D eigenvalue weighted by atomic mass is 32.2. The second-order valence-corrected chi connectivity index (χ2v) is 10.1. The molecule has 0 spiro atoms. The van der Waals surface area contributed by atoms with Crippen LogP contribution in [0, 0.1) is 0 Å². The van der Waals surface area contributed by atoms with Crippen molar-refractivity contribution in [2.75, 3.05) is 36.4 Å². The lowest BCUT2D eigenvalue weighted by Crippen LogP contribution is -2.43. The maximum Gasteiger partial charge on any atom is 0.261 e. The van der Waals surface area contributed by atoms with Crippen LogP contribution in [0.25, 0.3) is 0 Å². The average molecular weight is 482 g/mol. The van der Waals surface area contributed by atoms with Crippen molar-refractivity contribution in [3.63, 3.8) is 0 Å². The molecule has 180 valence electrons. The molecule has 4 rings (SSSR count). The zero-order chi connectivity index (χ0) is 24.0. The molecule has 1 aliphatic heterocycles. The smallest absolute Gasteiger partial charge is 0.261 e. The Hall–Kier alpha value is -3.07. The SMILES string of the molecule is COc1ccc(S(=O)(=O)Nc2ccc(N3CCC(NC[C@@H](O)c4ccccc4)CC3)cc2)cc1. The second-order valence-electron chi connectivity index (χ2n) is 8.42. The number of hydrogen-bond donors (Lipinski definition) is 3. The predicted octanol–water partition coefficient (Wildman–Crippen LogP) is 3.79. The summed E-state index contributed by atoms with van der Waals surface area (Å²) in [4.78, 5) is 2.48. The quantitative estimate of drug-likeness (QED) is 0.431. The van der Waals surface area contributed by atoms with Gasteiger partial charge in [0.05, 0.1) is 18.1 Å². The Kier molecular flexibility index (Phi) is 7.72. The number of sulfonamides is 1. The van der Waals surface area contributed by atoms with E-state index in [0.29, 0.717) is 24.0 Å². The number of nitrogens with one attached hydrogen (secondary N) is 2. The number of hydrogen-bond acceptors (Lipinski definition) is 6. The fourth-order valence-electron chi connectivity index (χ4n) is 4.12. The molecule has 3 N–H and O–H groups in total. The topological polar surface area (TPSA) is 90.9 Å². The van der Waals surface area contributed by atoms with Crippen LogP contribution in [0.15, 0.2) is 83.8 Å². The first-order valence-electron chi connectivity index (χ1n) is 11.4. The van der Waals surface area contributed by atoms with E-state index in [1.54, 1.807) is 31.4 Å². The first-order chi connectivity index (χ1) is 16.4. The summed E-state index contributed by atoms with van der Waals surface area (Å²) in [5.74, 6) is 0.606. The summed E-state index contributed by atoms with van der Waals surface area (Å²) in [7, 11) is -2.12. The van der Waals surface area contributed by atoms with Crippen molar-refractivity contribution >= 4 is 21.4 Å². The Labute approximate surface area is 201 Å². The lowest BCUT2D eigenvalue weighted by atomic mass is 10.0. The lowest BCUT2D eigenvalue weighted by Gasteiger charge is -2.34. The molecular formula is C26H31N3O4S. The van der Waals surface area contributed by atoms with Crippen molar-refractivity contribution < 1.29 is 18.3 Å². The van der Waals surface area contributed by atoms with E-state index in [1.165, 1.54) is 12.1 Å². The molecule has 0 bridgehead atoms. The molecule has 1 saturated heterocycles. The standard InChI is InChI=1S/C26H31N3O4S/c1-33-24-11-13-25(14-12-24)34(31,32)28-22-7-9-23(10-8-22)29-17-15-21(16-18-29)27-19-26(30)20-5-3-2-4-6-20/h2-14,21,26-28,30H,15-19H2,1H3/t26-/m1/s1. The number of rotatable bonds is 9. The number of aliphatic hydroxyl groups excluding tert-OH is 1. The number of aliphatic hydroxyl groups is 1. The number of anilines is 2. The van der Waals surface area contributed by atoms with Gasteiger partial charge in [-0.3, -0.25) is 4.72 Å². The highest BCUT2D eigenvalue weighted by Gasteiger charge is 2.21. The fourth-order valence-corrected chi connectivity index (χ4v) is 5.18. The second kappa shape index (κ2) is 10.9. The molecule has 3 aromatic carbocycles. The van der Waals surface area contributed by atoms with Gasteiger partial charge in [0, 0.05) is 37.1 Å². The number of nitrogens with zero attached hydrogens (tertiary/aromatic N) is 1. The number of benzene rings is 3. The van der Waals surface area contributed by atoms with Crippen LogP contribution in [-0.4, -0.2) is 46.3 Å². The largest absolute Gasteiger partial charge is 0.497 e. The molecule has 7 nitrogen and oxygen atoms in total. The van der Waals surface area contributed by atoms with Gasteiger partial charge in [-0.15, -0.1) is 0 Å². The van der Waals surface area contributed by atoms with E-state index in [-0.39, 0.29) is 4.90 Å². The summed E-state index contributed by atoms with van der Waals surface area (Å²) in [5.41, 5.74) is 2.51. The molecule has 0 amide bonds. The molecule has 0 radical (unpaired) electrons. The summed E-state index contributed by atoms with van der Waals surface area (Å²) in [6.45, 7) is 2.34. The highest BCUT2D eigenvalue weighted by Crippen LogP contribution is 2.24. The Bertz CT molecular complexity index is 1140. The molecule has 1 heterocycles. The molecule has 0 unspecified atom stereocenters. The van der Waals surface area contributed by atoms with Crippen molar-refractivity contribution in [3.05, 3.63) is 84.4 Å². The van der Waals surface area contributed by atoms with Crippen LogP contribution in [0.5, 0.6) is 5.75 Å². The van der Waals surface area contributed by atoms with Crippen LogP contribution >= 0.6 is 0 Å². The van der Waals surface area contributed by atoms with Gasteiger partial charge >= 0.3 is 0 Å². The average Bonchev–Trinajstić information content (AvgIpc) is 2.88. The van der Waals surface area contributed by atoms with E-state index in [9.17, 15) is 13.5 Å². The zero-order valence-electron chi connectivity index (χ0n) is 19.2. The number of ether oxygens (including phenoxy) is 1. The minimum Gasteiger partial charge on any atom is -0.497 e. The Morgan fingerprint density at radius 1 is 0.971 bits per heavy atom. The molecule has 8 heteroatoms. The molecule has 1 fully saturated rings. The molecule has 0 saturated carbocycles. The van der Waals surface area contributed by atoms with E-state index < -0.39 is 16.1 Å². The molecule has 3 aromatic rings. The third-order valence-corrected chi connectivity index (χ3v) is 7.53. The zero-order valence-corrected chi connectivity index (χ0v) is 20.0. The third-order valence-electron chi connectivity index (χ3n) is 6.13. The molecule has 0 aliphatic carbocycles. The van der Waals surface area contributed by atoms with Crippen molar-refractivity contribution in [2.24, 2.45) is 0 Å². The van der Waals surface area contributed by atoms with E-state index >= 15 is 0 Å². The van der Waals surface area contributed by atoms with E-state index in [4.69, 9.17) is 4.74 Å². The van der Waals surface area contributed by atoms with Gasteiger partial charge in [0.15, 0.2) is 0 Å². The molecule has 34 heavy (non-hydrogen) atoms. The van der Waals surface area contributed by atoms with Crippen LogP contribution in [0.3, 0.4) is 0 Å². The van der Waals surface area contributed by atoms with Crippen LogP contribution in [0.2, 0.25) is 0 Å². The number of methoxy groups -OCH3 is 1. The Balaban J connectivity index is 1.27. The monoisotopic (exact) mass is 481 g/mol. The maximum absolute atomic E-state index is 12.6. The van der Waals surface area contributed by atoms with Gasteiger partial charge in [0.2, 0.25) is 0 Å². The van der Waals surface area contributed by atoms with Crippen molar-refractivity contribution in [2.45, 2.75) is 29.9 Å². The maximum atomic E-state index is 12.6. The van der Waals surface area contributed by atoms with Crippen LogP contribution in [0.1, 0.15) is 24.5 Å². The van der Waals surface area contributed by atoms with Gasteiger partial charge in [-0.05, 0) is 66.9 Å². The van der Waals surface area contributed by atoms with Crippen LogP contribution in [0.4, 0.5) is 11.4 Å². The van der Waals surface area contributed by atoms with Crippen LogP contribution in [-0.2, 0) is 10.0 Å². The van der Waals surface area contributed by atoms with Gasteiger partial charge in [0.1, 0.15) is 5.75 Å². The summed E-state index contributed by atoms with van der Waals surface area (Å²) in [6.07, 6.45) is 1.45. The van der Waals surface area contributed by atoms with Crippen molar-refractivity contribution in [3.8, 4) is 5.75 Å². The minimum absolute atomic E-state index is 0.185. The Morgan fingerprint density at radius 2 is 1.62 bits per heavy atom. The fraction of sp³-hybridized carbons (Fsp3) is 0.308. The molecule has 1 atom stereocenters. The summed E-state index contributed by atoms with van der Waals surface area (Å²) in [5, 5.41) is 13.8. The third kappa shape index (κ3) is 6.08. The molecule has 1 aliphatic rings. The van der Waals surface area contributed by atoms with Gasteiger partial charge in [-0.2, -0.15) is 0 Å². The first-order valence-corrected chi connectivity index (χ1v) is 12.9. The van der Waals surface area contributed by atoms with E-state index in [0.717, 1.165) is 37.2 Å². The highest BCUT2D eigenvalue weighted by molar-refractivity contribution is 7.92. The van der Waals surface area contributed by atoms with Gasteiger partial charge < -0.3 is 20.1 Å². The van der Waals surface area contributed by atoms with E-state index in [2.05, 4.69) is 14.9 Å². The summed E-state index contributed by atoms with van der Waals surface area (Å²) in [6, 6.07) is 23.8. The van der Waals surface area contributed by atoms with Gasteiger partial charge in [-0.1, -0.05) is 30.3 Å². The normalized spacial score (nSPS) is 15.6. The minimum atomic E-state index is -3.66. The Morgan fingerprint density at radius 3 is 2.24 bits per heavy atom. The predicted molar refractivity (Wildman–Crippen MR) is 135 cm³/mol. The molecular weight excluding hydrogens is 450 g/mol. The summed E-state index contributed by atoms with van der Waals surface area (Å²) < 4.78 is 33.0. The van der Waals surface area contributed by atoms with Crippen LogP contribution < -0.4 is 19.7 Å².